The van der Waals surface area contributed by atoms with Gasteiger partial charge in [-0.25, -0.2) is 8.42 Å². The first-order valence-electron chi connectivity index (χ1n) is 8.43. The summed E-state index contributed by atoms with van der Waals surface area (Å²) in [4.78, 5) is 16.2. The van der Waals surface area contributed by atoms with Gasteiger partial charge < -0.3 is 10.2 Å². The Morgan fingerprint density at radius 1 is 1.25 bits per heavy atom. The first-order chi connectivity index (χ1) is 11.4. The van der Waals surface area contributed by atoms with Crippen LogP contribution in [0.2, 0.25) is 0 Å². The maximum atomic E-state index is 12.8. The predicted octanol–water partition coefficient (Wildman–Crippen LogP) is 1.20. The average Bonchev–Trinajstić information content (AvgIpc) is 3.30. The Labute approximate surface area is 147 Å². The van der Waals surface area contributed by atoms with Crippen molar-refractivity contribution in [3.8, 4) is 0 Å². The van der Waals surface area contributed by atoms with Gasteiger partial charge in [0, 0.05) is 35.9 Å². The summed E-state index contributed by atoms with van der Waals surface area (Å²) < 4.78 is 27.0. The van der Waals surface area contributed by atoms with Gasteiger partial charge in [0.2, 0.25) is 15.9 Å². The molecule has 0 unspecified atom stereocenters. The van der Waals surface area contributed by atoms with E-state index in [1.54, 1.807) is 11.0 Å². The fourth-order valence-electron chi connectivity index (χ4n) is 3.00. The zero-order valence-corrected chi connectivity index (χ0v) is 15.9. The highest BCUT2D eigenvalue weighted by Gasteiger charge is 2.31. The zero-order chi connectivity index (χ0) is 17.3. The maximum absolute atomic E-state index is 12.8. The molecular formula is C16H25N3O3S2. The molecule has 2 heterocycles. The number of hydrogen-bond donors (Lipinski definition) is 1. The van der Waals surface area contributed by atoms with Crippen LogP contribution in [-0.2, 0) is 14.8 Å². The molecule has 0 spiro atoms. The predicted molar refractivity (Wildman–Crippen MR) is 94.7 cm³/mol. The van der Waals surface area contributed by atoms with E-state index in [4.69, 9.17) is 0 Å². The minimum absolute atomic E-state index is 0.0651. The van der Waals surface area contributed by atoms with Gasteiger partial charge in [-0.05, 0) is 45.2 Å². The van der Waals surface area contributed by atoms with E-state index in [1.165, 1.54) is 28.5 Å². The number of hydrogen-bond acceptors (Lipinski definition) is 5. The molecule has 2 fully saturated rings. The Morgan fingerprint density at radius 2 is 1.92 bits per heavy atom. The number of carbonyl (C=O) groups excluding carboxylic acids is 1. The highest BCUT2D eigenvalue weighted by molar-refractivity contribution is 7.89. The molecule has 1 saturated carbocycles. The van der Waals surface area contributed by atoms with Gasteiger partial charge in [0.1, 0.15) is 0 Å². The number of aryl methyl sites for hydroxylation is 2. The van der Waals surface area contributed by atoms with Crippen LogP contribution in [0.5, 0.6) is 0 Å². The van der Waals surface area contributed by atoms with E-state index in [0.29, 0.717) is 37.6 Å². The molecule has 1 aliphatic carbocycles. The van der Waals surface area contributed by atoms with Gasteiger partial charge >= 0.3 is 0 Å². The Morgan fingerprint density at radius 3 is 2.46 bits per heavy atom. The van der Waals surface area contributed by atoms with Crippen molar-refractivity contribution >= 4 is 27.3 Å². The summed E-state index contributed by atoms with van der Waals surface area (Å²) in [6.45, 7) is 6.69. The minimum Gasteiger partial charge on any atom is -0.339 e. The van der Waals surface area contributed by atoms with Crippen LogP contribution in [0.1, 0.15) is 22.6 Å². The molecule has 1 aromatic rings. The monoisotopic (exact) mass is 371 g/mol. The Balaban J connectivity index is 1.54. The Kier molecular flexibility index (Phi) is 5.29. The highest BCUT2D eigenvalue weighted by Crippen LogP contribution is 2.28. The van der Waals surface area contributed by atoms with Gasteiger partial charge in [-0.1, -0.05) is 0 Å². The number of sulfonamides is 1. The van der Waals surface area contributed by atoms with E-state index >= 15 is 0 Å². The summed E-state index contributed by atoms with van der Waals surface area (Å²) in [5, 5.41) is 3.20. The van der Waals surface area contributed by atoms with E-state index in [-0.39, 0.29) is 5.91 Å². The Hall–Kier alpha value is -0.960. The lowest BCUT2D eigenvalue weighted by Crippen LogP contribution is -2.52. The molecule has 6 nitrogen and oxygen atoms in total. The second-order valence-electron chi connectivity index (χ2n) is 6.64. The number of thiophene rings is 1. The lowest BCUT2D eigenvalue weighted by molar-refractivity contribution is -0.131. The second kappa shape index (κ2) is 7.11. The van der Waals surface area contributed by atoms with Crippen LogP contribution in [0.15, 0.2) is 11.0 Å². The molecule has 24 heavy (non-hydrogen) atoms. The maximum Gasteiger partial charge on any atom is 0.244 e. The zero-order valence-electron chi connectivity index (χ0n) is 14.2. The second-order valence-corrected chi connectivity index (χ2v) is 10.0. The summed E-state index contributed by atoms with van der Waals surface area (Å²) in [5.74, 6) is 0.812. The number of rotatable bonds is 6. The van der Waals surface area contributed by atoms with Gasteiger partial charge in [0.05, 0.1) is 11.4 Å². The molecule has 0 aromatic carbocycles. The van der Waals surface area contributed by atoms with Crippen LogP contribution in [-0.4, -0.2) is 62.8 Å². The molecule has 0 radical (unpaired) electrons. The van der Waals surface area contributed by atoms with Crippen molar-refractivity contribution in [2.24, 2.45) is 5.92 Å². The molecule has 1 aliphatic heterocycles. The molecule has 8 heteroatoms. The number of piperazine rings is 1. The van der Waals surface area contributed by atoms with E-state index in [1.807, 2.05) is 13.8 Å². The van der Waals surface area contributed by atoms with Crippen LogP contribution in [0, 0.1) is 19.8 Å². The lowest BCUT2D eigenvalue weighted by Gasteiger charge is -2.34. The third-order valence-electron chi connectivity index (χ3n) is 4.61. The fraction of sp³-hybridized carbons (Fsp3) is 0.688. The van der Waals surface area contributed by atoms with Gasteiger partial charge in [-0.2, -0.15) is 4.31 Å². The van der Waals surface area contributed by atoms with Crippen molar-refractivity contribution in [3.63, 3.8) is 0 Å². The third kappa shape index (κ3) is 3.99. The summed E-state index contributed by atoms with van der Waals surface area (Å²) >= 11 is 1.50. The molecule has 3 rings (SSSR count). The summed E-state index contributed by atoms with van der Waals surface area (Å²) in [6, 6.07) is 1.74. The van der Waals surface area contributed by atoms with Crippen LogP contribution < -0.4 is 5.32 Å². The van der Waals surface area contributed by atoms with E-state index in [0.717, 1.165) is 22.2 Å². The molecule has 0 atom stereocenters. The van der Waals surface area contributed by atoms with E-state index < -0.39 is 10.0 Å². The first-order valence-corrected chi connectivity index (χ1v) is 10.7. The quantitative estimate of drug-likeness (QED) is 0.816. The number of nitrogens with zero attached hydrogens (tertiary/aromatic N) is 2. The van der Waals surface area contributed by atoms with Crippen molar-refractivity contribution < 1.29 is 13.2 Å². The van der Waals surface area contributed by atoms with Gasteiger partial charge in [0.15, 0.2) is 0 Å². The van der Waals surface area contributed by atoms with E-state index in [9.17, 15) is 13.2 Å². The van der Waals surface area contributed by atoms with Crippen LogP contribution in [0.25, 0.3) is 0 Å². The van der Waals surface area contributed by atoms with Crippen molar-refractivity contribution in [2.45, 2.75) is 31.6 Å². The number of nitrogens with one attached hydrogen (secondary N) is 1. The smallest absolute Gasteiger partial charge is 0.244 e. The molecule has 1 N–H and O–H groups in total. The molecule has 2 aliphatic rings. The topological polar surface area (TPSA) is 69.7 Å². The highest BCUT2D eigenvalue weighted by atomic mass is 32.2. The van der Waals surface area contributed by atoms with Crippen LogP contribution in [0.4, 0.5) is 0 Å². The molecule has 1 saturated heterocycles. The Bertz CT molecular complexity index is 702. The summed E-state index contributed by atoms with van der Waals surface area (Å²) in [6.07, 6.45) is 2.53. The van der Waals surface area contributed by atoms with E-state index in [2.05, 4.69) is 5.32 Å². The van der Waals surface area contributed by atoms with Crippen molar-refractivity contribution in [3.05, 3.63) is 15.8 Å². The molecule has 1 aromatic heterocycles. The van der Waals surface area contributed by atoms with Gasteiger partial charge in [0.25, 0.3) is 0 Å². The lowest BCUT2D eigenvalue weighted by atomic mass is 10.3. The molecule has 1 amide bonds. The molecule has 0 bridgehead atoms. The van der Waals surface area contributed by atoms with Gasteiger partial charge in [-0.3, -0.25) is 4.79 Å². The van der Waals surface area contributed by atoms with Crippen LogP contribution in [0.3, 0.4) is 0 Å². The normalized spacial score (nSPS) is 19.7. The van der Waals surface area contributed by atoms with Crippen LogP contribution >= 0.6 is 11.3 Å². The SMILES string of the molecule is Cc1cc(S(=O)(=O)N2CCN(C(=O)CNCC3CC3)CC2)c(C)s1. The average molecular weight is 372 g/mol. The number of carbonyl (C=O) groups is 1. The van der Waals surface area contributed by atoms with Crippen molar-refractivity contribution in [1.82, 2.24) is 14.5 Å². The summed E-state index contributed by atoms with van der Waals surface area (Å²) in [5.41, 5.74) is 0. The first kappa shape index (κ1) is 17.8. The fourth-order valence-corrected chi connectivity index (χ4v) is 5.94. The van der Waals surface area contributed by atoms with Crippen molar-refractivity contribution in [2.75, 3.05) is 39.3 Å². The minimum atomic E-state index is -3.45. The summed E-state index contributed by atoms with van der Waals surface area (Å²) in [7, 11) is -3.45. The molecular weight excluding hydrogens is 346 g/mol. The van der Waals surface area contributed by atoms with Gasteiger partial charge in [-0.15, -0.1) is 11.3 Å². The van der Waals surface area contributed by atoms with Crippen molar-refractivity contribution in [1.29, 1.82) is 0 Å². The molecule has 134 valence electrons. The standard InChI is InChI=1S/C16H25N3O3S2/c1-12-9-15(13(2)23-12)24(21,22)19-7-5-18(6-8-19)16(20)11-17-10-14-3-4-14/h9,14,17H,3-8,10-11H2,1-2H3. The number of amides is 1. The largest absolute Gasteiger partial charge is 0.339 e. The third-order valence-corrected chi connectivity index (χ3v) is 7.73.